The van der Waals surface area contributed by atoms with Crippen LogP contribution < -0.4 is 19.1 Å². The van der Waals surface area contributed by atoms with Gasteiger partial charge in [-0.05, 0) is 54.3 Å². The summed E-state index contributed by atoms with van der Waals surface area (Å²) < 4.78 is 38.1. The van der Waals surface area contributed by atoms with Crippen molar-refractivity contribution >= 4 is 39.1 Å². The Morgan fingerprint density at radius 3 is 2.30 bits per heavy atom. The maximum Gasteiger partial charge on any atom is 0.244 e. The van der Waals surface area contributed by atoms with Crippen LogP contribution in [0, 0.1) is 0 Å². The van der Waals surface area contributed by atoms with E-state index in [0.717, 1.165) is 53.8 Å². The SMILES string of the molecule is COc1cccc(CN(C(=O)CN(c2cc(Cl)ccc2OC)S(C)(=O)=O)[C@H](Cc2ccccc2)C(=O)NC2CCCCC2)c1. The van der Waals surface area contributed by atoms with Crippen LogP contribution in [-0.4, -0.2) is 64.2 Å². The van der Waals surface area contributed by atoms with E-state index >= 15 is 0 Å². The highest BCUT2D eigenvalue weighted by Gasteiger charge is 2.34. The van der Waals surface area contributed by atoms with Crippen LogP contribution in [0.25, 0.3) is 0 Å². The standard InChI is InChI=1S/C33H40ClN3O6S/c1-42-28-16-10-13-25(19-28)22-36(32(38)23-37(44(3,40)41)29-21-26(34)17-18-31(29)43-2)30(20-24-11-6-4-7-12-24)33(39)35-27-14-8-5-9-15-27/h4,6-7,10-13,16-19,21,27,30H,5,8-9,14-15,20,22-23H2,1-3H3,(H,35,39)/t30-/m1/s1. The molecule has 4 rings (SSSR count). The Balaban J connectivity index is 1.76. The normalized spacial score (nSPS) is 14.4. The maximum atomic E-state index is 14.4. The van der Waals surface area contributed by atoms with Crippen LogP contribution in [-0.2, 0) is 32.6 Å². The largest absolute Gasteiger partial charge is 0.497 e. The van der Waals surface area contributed by atoms with E-state index in [9.17, 15) is 18.0 Å². The number of methoxy groups -OCH3 is 2. The number of hydrogen-bond donors (Lipinski definition) is 1. The topological polar surface area (TPSA) is 105 Å². The predicted octanol–water partition coefficient (Wildman–Crippen LogP) is 5.21. The molecular weight excluding hydrogens is 602 g/mol. The van der Waals surface area contributed by atoms with Crippen molar-refractivity contribution in [2.24, 2.45) is 0 Å². The van der Waals surface area contributed by atoms with E-state index in [0.29, 0.717) is 5.75 Å². The Bertz CT molecular complexity index is 1530. The second-order valence-corrected chi connectivity index (χ2v) is 13.4. The van der Waals surface area contributed by atoms with Crippen molar-refractivity contribution in [3.63, 3.8) is 0 Å². The highest BCUT2D eigenvalue weighted by atomic mass is 35.5. The summed E-state index contributed by atoms with van der Waals surface area (Å²) in [5.74, 6) is 0.00804. The molecule has 0 radical (unpaired) electrons. The third-order valence-corrected chi connectivity index (χ3v) is 9.16. The van der Waals surface area contributed by atoms with Crippen molar-refractivity contribution in [3.8, 4) is 11.5 Å². The number of amides is 2. The molecular formula is C33H40ClN3O6S. The number of anilines is 1. The lowest BCUT2D eigenvalue weighted by atomic mass is 9.94. The fourth-order valence-corrected chi connectivity index (χ4v) is 6.53. The molecule has 1 aliphatic rings. The van der Waals surface area contributed by atoms with Crippen molar-refractivity contribution in [3.05, 3.63) is 88.9 Å². The van der Waals surface area contributed by atoms with Crippen LogP contribution in [0.4, 0.5) is 5.69 Å². The quantitative estimate of drug-likeness (QED) is 0.275. The van der Waals surface area contributed by atoms with E-state index in [2.05, 4.69) is 5.32 Å². The second-order valence-electron chi connectivity index (χ2n) is 11.0. The van der Waals surface area contributed by atoms with E-state index in [1.54, 1.807) is 31.4 Å². The Morgan fingerprint density at radius 1 is 0.932 bits per heavy atom. The van der Waals surface area contributed by atoms with Crippen LogP contribution >= 0.6 is 11.6 Å². The first kappa shape index (κ1) is 33.1. The van der Waals surface area contributed by atoms with Crippen LogP contribution in [0.1, 0.15) is 43.2 Å². The van der Waals surface area contributed by atoms with Crippen LogP contribution in [0.3, 0.4) is 0 Å². The van der Waals surface area contributed by atoms with Crippen LogP contribution in [0.2, 0.25) is 5.02 Å². The molecule has 9 nitrogen and oxygen atoms in total. The van der Waals surface area contributed by atoms with Gasteiger partial charge in [-0.2, -0.15) is 0 Å². The molecule has 1 atom stereocenters. The Labute approximate surface area is 265 Å². The summed E-state index contributed by atoms with van der Waals surface area (Å²) in [5.41, 5.74) is 1.73. The number of nitrogens with one attached hydrogen (secondary N) is 1. The predicted molar refractivity (Wildman–Crippen MR) is 173 cm³/mol. The number of benzene rings is 3. The maximum absolute atomic E-state index is 14.4. The third kappa shape index (κ3) is 8.89. The summed E-state index contributed by atoms with van der Waals surface area (Å²) in [5, 5.41) is 3.48. The number of carbonyl (C=O) groups is 2. The van der Waals surface area contributed by atoms with E-state index in [-0.39, 0.29) is 41.4 Å². The van der Waals surface area contributed by atoms with E-state index in [1.165, 1.54) is 18.1 Å². The fourth-order valence-electron chi connectivity index (χ4n) is 5.52. The van der Waals surface area contributed by atoms with Crippen molar-refractivity contribution < 1.29 is 27.5 Å². The van der Waals surface area contributed by atoms with E-state index < -0.39 is 28.5 Å². The number of halogens is 1. The van der Waals surface area contributed by atoms with Crippen molar-refractivity contribution in [1.82, 2.24) is 10.2 Å². The average Bonchev–Trinajstić information content (AvgIpc) is 3.02. The molecule has 0 spiro atoms. The molecule has 0 bridgehead atoms. The third-order valence-electron chi connectivity index (χ3n) is 7.80. The first-order valence-corrected chi connectivity index (χ1v) is 16.9. The summed E-state index contributed by atoms with van der Waals surface area (Å²) in [7, 11) is -1.01. The van der Waals surface area contributed by atoms with Gasteiger partial charge in [-0.3, -0.25) is 13.9 Å². The molecule has 3 aromatic carbocycles. The summed E-state index contributed by atoms with van der Waals surface area (Å²) >= 11 is 6.24. The zero-order valence-corrected chi connectivity index (χ0v) is 26.9. The lowest BCUT2D eigenvalue weighted by Gasteiger charge is -2.35. The fraction of sp³-hybridized carbons (Fsp3) is 0.394. The van der Waals surface area contributed by atoms with Gasteiger partial charge in [-0.1, -0.05) is 73.3 Å². The van der Waals surface area contributed by atoms with Gasteiger partial charge in [0, 0.05) is 24.0 Å². The van der Waals surface area contributed by atoms with Crippen LogP contribution in [0.5, 0.6) is 11.5 Å². The van der Waals surface area contributed by atoms with Gasteiger partial charge in [-0.25, -0.2) is 8.42 Å². The average molecular weight is 642 g/mol. The minimum absolute atomic E-state index is 0.0199. The molecule has 1 N–H and O–H groups in total. The molecule has 11 heteroatoms. The minimum atomic E-state index is -3.98. The molecule has 44 heavy (non-hydrogen) atoms. The first-order valence-electron chi connectivity index (χ1n) is 14.7. The van der Waals surface area contributed by atoms with Gasteiger partial charge < -0.3 is 19.7 Å². The first-order chi connectivity index (χ1) is 21.1. The molecule has 236 valence electrons. The smallest absolute Gasteiger partial charge is 0.244 e. The van der Waals surface area contributed by atoms with Gasteiger partial charge in [0.2, 0.25) is 21.8 Å². The highest BCUT2D eigenvalue weighted by molar-refractivity contribution is 7.92. The summed E-state index contributed by atoms with van der Waals surface area (Å²) in [6, 6.07) is 20.4. The molecule has 0 aromatic heterocycles. The van der Waals surface area contributed by atoms with Crippen molar-refractivity contribution in [2.75, 3.05) is 31.3 Å². The molecule has 0 aliphatic heterocycles. The number of hydrogen-bond acceptors (Lipinski definition) is 6. The number of nitrogens with zero attached hydrogens (tertiary/aromatic N) is 2. The Morgan fingerprint density at radius 2 is 1.64 bits per heavy atom. The molecule has 2 amide bonds. The van der Waals surface area contributed by atoms with E-state index in [1.807, 2.05) is 42.5 Å². The zero-order chi connectivity index (χ0) is 31.7. The van der Waals surface area contributed by atoms with E-state index in [4.69, 9.17) is 21.1 Å². The minimum Gasteiger partial charge on any atom is -0.497 e. The van der Waals surface area contributed by atoms with Crippen molar-refractivity contribution in [2.45, 2.75) is 57.2 Å². The van der Waals surface area contributed by atoms with Gasteiger partial charge in [-0.15, -0.1) is 0 Å². The van der Waals surface area contributed by atoms with Gasteiger partial charge >= 0.3 is 0 Å². The summed E-state index contributed by atoms with van der Waals surface area (Å²) in [6.07, 6.45) is 6.22. The van der Waals surface area contributed by atoms with Crippen LogP contribution in [0.15, 0.2) is 72.8 Å². The number of sulfonamides is 1. The molecule has 0 saturated heterocycles. The number of rotatable bonds is 13. The Hall–Kier alpha value is -3.76. The van der Waals surface area contributed by atoms with Gasteiger partial charge in [0.05, 0.1) is 26.2 Å². The lowest BCUT2D eigenvalue weighted by molar-refractivity contribution is -0.140. The molecule has 1 fully saturated rings. The Kier molecular flexibility index (Phi) is 11.5. The number of ether oxygens (including phenoxy) is 2. The van der Waals surface area contributed by atoms with Gasteiger partial charge in [0.25, 0.3) is 0 Å². The molecule has 0 unspecified atom stereocenters. The zero-order valence-electron chi connectivity index (χ0n) is 25.4. The second kappa shape index (κ2) is 15.3. The van der Waals surface area contributed by atoms with Gasteiger partial charge in [0.15, 0.2) is 0 Å². The molecule has 0 heterocycles. The van der Waals surface area contributed by atoms with Crippen molar-refractivity contribution in [1.29, 1.82) is 0 Å². The van der Waals surface area contributed by atoms with Gasteiger partial charge in [0.1, 0.15) is 24.1 Å². The highest BCUT2D eigenvalue weighted by Crippen LogP contribution is 2.33. The monoisotopic (exact) mass is 641 g/mol. The molecule has 1 aliphatic carbocycles. The summed E-state index contributed by atoms with van der Waals surface area (Å²) in [6.45, 7) is -0.516. The lowest BCUT2D eigenvalue weighted by Crippen LogP contribution is -2.55. The summed E-state index contributed by atoms with van der Waals surface area (Å²) in [4.78, 5) is 29.9. The molecule has 3 aromatic rings. The molecule has 1 saturated carbocycles. The number of carbonyl (C=O) groups excluding carboxylic acids is 2.